The fourth-order valence-electron chi connectivity index (χ4n) is 2.90. The summed E-state index contributed by atoms with van der Waals surface area (Å²) in [6.45, 7) is 5.27. The summed E-state index contributed by atoms with van der Waals surface area (Å²) in [4.78, 5) is 14.1. The first-order valence-electron chi connectivity index (χ1n) is 6.53. The first-order valence-corrected chi connectivity index (χ1v) is 6.53. The van der Waals surface area contributed by atoms with E-state index in [1.54, 1.807) is 0 Å². The van der Waals surface area contributed by atoms with Gasteiger partial charge in [0.2, 0.25) is 0 Å². The van der Waals surface area contributed by atoms with E-state index in [0.717, 1.165) is 13.0 Å². The highest BCUT2D eigenvalue weighted by molar-refractivity contribution is 5.73. The number of carbonyl (C=O) groups excluding carboxylic acids is 1. The highest BCUT2D eigenvalue weighted by Crippen LogP contribution is 2.32. The molecule has 0 aliphatic carbocycles. The maximum Gasteiger partial charge on any atom is 0.310 e. The number of methoxy groups -OCH3 is 1. The summed E-state index contributed by atoms with van der Waals surface area (Å²) in [5.74, 6) is -0.0635. The number of rotatable bonds is 3. The van der Waals surface area contributed by atoms with Gasteiger partial charge >= 0.3 is 5.97 Å². The summed E-state index contributed by atoms with van der Waals surface area (Å²) in [7, 11) is 1.47. The maximum absolute atomic E-state index is 11.7. The average Bonchev–Trinajstić information content (AvgIpc) is 2.80. The predicted molar refractivity (Wildman–Crippen MR) is 71.1 cm³/mol. The van der Waals surface area contributed by atoms with Crippen LogP contribution in [0.2, 0.25) is 0 Å². The Labute approximate surface area is 109 Å². The van der Waals surface area contributed by atoms with Crippen LogP contribution in [0.25, 0.3) is 0 Å². The average molecular weight is 247 g/mol. The third-order valence-corrected chi connectivity index (χ3v) is 4.09. The van der Waals surface area contributed by atoms with E-state index in [0.29, 0.717) is 6.04 Å². The molecular formula is C15H21NO2. The van der Waals surface area contributed by atoms with Crippen molar-refractivity contribution in [2.24, 2.45) is 5.92 Å². The van der Waals surface area contributed by atoms with Crippen LogP contribution >= 0.6 is 0 Å². The minimum atomic E-state index is -0.0785. The third-order valence-electron chi connectivity index (χ3n) is 4.09. The molecule has 0 spiro atoms. The van der Waals surface area contributed by atoms with Crippen molar-refractivity contribution in [2.45, 2.75) is 32.4 Å². The molecule has 3 unspecified atom stereocenters. The Hall–Kier alpha value is -1.35. The Morgan fingerprint density at radius 3 is 2.67 bits per heavy atom. The van der Waals surface area contributed by atoms with Crippen LogP contribution in [0.4, 0.5) is 0 Å². The third kappa shape index (κ3) is 2.41. The molecule has 1 aromatic rings. The zero-order valence-corrected chi connectivity index (χ0v) is 11.3. The molecule has 0 amide bonds. The van der Waals surface area contributed by atoms with Gasteiger partial charge in [0.1, 0.15) is 0 Å². The molecule has 1 aromatic carbocycles. The van der Waals surface area contributed by atoms with Gasteiger partial charge in [-0.15, -0.1) is 0 Å². The van der Waals surface area contributed by atoms with Crippen LogP contribution in [0.5, 0.6) is 0 Å². The van der Waals surface area contributed by atoms with Crippen molar-refractivity contribution >= 4 is 5.97 Å². The van der Waals surface area contributed by atoms with Crippen LogP contribution in [-0.2, 0) is 9.53 Å². The van der Waals surface area contributed by atoms with Crippen molar-refractivity contribution in [1.29, 1.82) is 0 Å². The maximum atomic E-state index is 11.7. The summed E-state index contributed by atoms with van der Waals surface area (Å²) >= 11 is 0. The molecule has 1 saturated heterocycles. The smallest absolute Gasteiger partial charge is 0.310 e. The lowest BCUT2D eigenvalue weighted by atomic mass is 10.0. The van der Waals surface area contributed by atoms with Crippen LogP contribution < -0.4 is 0 Å². The Morgan fingerprint density at radius 1 is 1.39 bits per heavy atom. The fourth-order valence-corrected chi connectivity index (χ4v) is 2.90. The molecule has 0 radical (unpaired) electrons. The Morgan fingerprint density at radius 2 is 2.06 bits per heavy atom. The van der Waals surface area contributed by atoms with Gasteiger partial charge in [-0.25, -0.2) is 0 Å². The van der Waals surface area contributed by atoms with E-state index in [-0.39, 0.29) is 17.9 Å². The van der Waals surface area contributed by atoms with Crippen molar-refractivity contribution in [3.8, 4) is 0 Å². The quantitative estimate of drug-likeness (QED) is 0.769. The van der Waals surface area contributed by atoms with Gasteiger partial charge in [0.25, 0.3) is 0 Å². The predicted octanol–water partition coefficient (Wildman–Crippen LogP) is 2.63. The van der Waals surface area contributed by atoms with E-state index in [1.807, 2.05) is 6.07 Å². The summed E-state index contributed by atoms with van der Waals surface area (Å²) in [6.07, 6.45) is 0.894. The molecule has 0 saturated carbocycles. The van der Waals surface area contributed by atoms with E-state index in [9.17, 15) is 4.79 Å². The monoisotopic (exact) mass is 247 g/mol. The van der Waals surface area contributed by atoms with Gasteiger partial charge in [0.15, 0.2) is 0 Å². The van der Waals surface area contributed by atoms with Gasteiger partial charge < -0.3 is 4.74 Å². The molecule has 18 heavy (non-hydrogen) atoms. The lowest BCUT2D eigenvalue weighted by molar-refractivity contribution is -0.146. The van der Waals surface area contributed by atoms with Gasteiger partial charge in [-0.2, -0.15) is 0 Å². The largest absolute Gasteiger partial charge is 0.469 e. The first-order chi connectivity index (χ1) is 8.65. The number of hydrogen-bond acceptors (Lipinski definition) is 3. The molecule has 3 atom stereocenters. The van der Waals surface area contributed by atoms with Crippen LogP contribution in [0.1, 0.15) is 31.9 Å². The van der Waals surface area contributed by atoms with Gasteiger partial charge in [-0.1, -0.05) is 30.3 Å². The number of likely N-dealkylation sites (tertiary alicyclic amines) is 1. The minimum Gasteiger partial charge on any atom is -0.469 e. The number of nitrogens with zero attached hydrogens (tertiary/aromatic N) is 1. The lowest BCUT2D eigenvalue weighted by Crippen LogP contribution is -2.35. The second-order valence-corrected chi connectivity index (χ2v) is 4.98. The molecule has 1 fully saturated rings. The van der Waals surface area contributed by atoms with Crippen LogP contribution in [-0.4, -0.2) is 30.6 Å². The van der Waals surface area contributed by atoms with Crippen molar-refractivity contribution < 1.29 is 9.53 Å². The van der Waals surface area contributed by atoms with Crippen molar-refractivity contribution in [2.75, 3.05) is 13.7 Å². The number of carbonyl (C=O) groups is 1. The summed E-state index contributed by atoms with van der Waals surface area (Å²) in [5.41, 5.74) is 1.30. The van der Waals surface area contributed by atoms with E-state index in [4.69, 9.17) is 4.74 Å². The van der Waals surface area contributed by atoms with Crippen molar-refractivity contribution in [3.63, 3.8) is 0 Å². The molecule has 1 aliphatic heterocycles. The zero-order valence-electron chi connectivity index (χ0n) is 11.3. The summed E-state index contributed by atoms with van der Waals surface area (Å²) in [6, 6.07) is 11.0. The molecule has 98 valence electrons. The van der Waals surface area contributed by atoms with Crippen LogP contribution in [0, 0.1) is 5.92 Å². The molecular weight excluding hydrogens is 226 g/mol. The molecule has 0 aromatic heterocycles. The normalized spacial score (nSPS) is 25.9. The van der Waals surface area contributed by atoms with Crippen LogP contribution in [0.15, 0.2) is 30.3 Å². The number of esters is 1. The second kappa shape index (κ2) is 5.53. The van der Waals surface area contributed by atoms with Crippen molar-refractivity contribution in [3.05, 3.63) is 35.9 Å². The molecule has 3 nitrogen and oxygen atoms in total. The first kappa shape index (κ1) is 13.1. The van der Waals surface area contributed by atoms with Gasteiger partial charge in [0.05, 0.1) is 13.0 Å². The molecule has 1 heterocycles. The standard InChI is InChI=1S/C15H21NO2/c1-11(13-7-5-4-6-8-13)16-10-9-14(12(16)2)15(17)18-3/h4-8,11-12,14H,9-10H2,1-3H3. The van der Waals surface area contributed by atoms with E-state index in [2.05, 4.69) is 43.0 Å². The van der Waals surface area contributed by atoms with Gasteiger partial charge in [-0.3, -0.25) is 9.69 Å². The zero-order chi connectivity index (χ0) is 13.1. The SMILES string of the molecule is COC(=O)C1CCN(C(C)c2ccccc2)C1C. The summed E-state index contributed by atoms with van der Waals surface area (Å²) in [5, 5.41) is 0. The number of benzene rings is 1. The fraction of sp³-hybridized carbons (Fsp3) is 0.533. The van der Waals surface area contributed by atoms with Crippen LogP contribution in [0.3, 0.4) is 0 Å². The van der Waals surface area contributed by atoms with E-state index >= 15 is 0 Å². The van der Waals surface area contributed by atoms with Gasteiger partial charge in [-0.05, 0) is 32.4 Å². The Bertz CT molecular complexity index is 404. The van der Waals surface area contributed by atoms with Gasteiger partial charge in [0, 0.05) is 12.1 Å². The summed E-state index contributed by atoms with van der Waals surface area (Å²) < 4.78 is 4.87. The molecule has 3 heteroatoms. The Kier molecular flexibility index (Phi) is 4.02. The molecule has 0 N–H and O–H groups in total. The highest BCUT2D eigenvalue weighted by Gasteiger charge is 2.38. The van der Waals surface area contributed by atoms with E-state index < -0.39 is 0 Å². The Balaban J connectivity index is 2.09. The minimum absolute atomic E-state index is 0.0150. The second-order valence-electron chi connectivity index (χ2n) is 4.98. The van der Waals surface area contributed by atoms with Crippen molar-refractivity contribution in [1.82, 2.24) is 4.90 Å². The molecule has 2 rings (SSSR count). The highest BCUT2D eigenvalue weighted by atomic mass is 16.5. The lowest BCUT2D eigenvalue weighted by Gasteiger charge is -2.30. The number of ether oxygens (including phenoxy) is 1. The number of hydrogen-bond donors (Lipinski definition) is 0. The topological polar surface area (TPSA) is 29.5 Å². The molecule has 0 bridgehead atoms. The molecule has 1 aliphatic rings. The van der Waals surface area contributed by atoms with E-state index in [1.165, 1.54) is 12.7 Å².